The summed E-state index contributed by atoms with van der Waals surface area (Å²) < 4.78 is 5.24. The first-order valence-electron chi connectivity index (χ1n) is 7.48. The Morgan fingerprint density at radius 1 is 1.38 bits per heavy atom. The number of β-amino-alcohol motifs (C(OH)–C–C–N with tert-alkyl or cyclic N) is 1. The molecule has 0 aliphatic carbocycles. The first-order chi connectivity index (χ1) is 10.2. The number of piperidine rings is 1. The number of aliphatic hydroxyl groups excluding tert-OH is 1. The second-order valence-electron chi connectivity index (χ2n) is 5.73. The summed E-state index contributed by atoms with van der Waals surface area (Å²) in [5, 5.41) is 12.0. The Bertz CT molecular complexity index is 438. The molecule has 0 spiro atoms. The monoisotopic (exact) mass is 292 g/mol. The molecule has 2 N–H and O–H groups in total. The van der Waals surface area contributed by atoms with E-state index in [-0.39, 0.29) is 25.3 Å². The summed E-state index contributed by atoms with van der Waals surface area (Å²) in [6, 6.07) is 9.72. The zero-order valence-corrected chi connectivity index (χ0v) is 12.5. The minimum atomic E-state index is -0.373. The number of carbonyl (C=O) groups excluding carboxylic acids is 1. The van der Waals surface area contributed by atoms with Crippen molar-refractivity contribution in [2.75, 3.05) is 26.2 Å². The number of amides is 1. The van der Waals surface area contributed by atoms with Gasteiger partial charge in [-0.25, -0.2) is 4.79 Å². The van der Waals surface area contributed by atoms with Crippen LogP contribution in [0.25, 0.3) is 0 Å². The second-order valence-corrected chi connectivity index (χ2v) is 5.73. The quantitative estimate of drug-likeness (QED) is 0.865. The lowest BCUT2D eigenvalue weighted by Crippen LogP contribution is -2.51. The van der Waals surface area contributed by atoms with Crippen LogP contribution in [0.15, 0.2) is 30.3 Å². The number of aliphatic hydroxyl groups is 1. The van der Waals surface area contributed by atoms with Crippen molar-refractivity contribution in [3.8, 4) is 0 Å². The van der Waals surface area contributed by atoms with Gasteiger partial charge in [0.1, 0.15) is 6.61 Å². The minimum absolute atomic E-state index is 0.0866. The van der Waals surface area contributed by atoms with Crippen LogP contribution in [0, 0.1) is 5.92 Å². The summed E-state index contributed by atoms with van der Waals surface area (Å²) in [6.45, 7) is 4.99. The van der Waals surface area contributed by atoms with Crippen molar-refractivity contribution in [3.63, 3.8) is 0 Å². The van der Waals surface area contributed by atoms with Gasteiger partial charge < -0.3 is 15.2 Å². The fourth-order valence-electron chi connectivity index (χ4n) is 2.82. The molecular formula is C16H24N2O3. The molecule has 0 radical (unpaired) electrons. The zero-order valence-electron chi connectivity index (χ0n) is 12.5. The Morgan fingerprint density at radius 2 is 2.14 bits per heavy atom. The van der Waals surface area contributed by atoms with Crippen LogP contribution in [0.3, 0.4) is 0 Å². The number of alkyl carbamates (subject to hydrolysis) is 1. The van der Waals surface area contributed by atoms with Crippen molar-refractivity contribution in [3.05, 3.63) is 35.9 Å². The van der Waals surface area contributed by atoms with Crippen LogP contribution < -0.4 is 5.32 Å². The molecule has 2 atom stereocenters. The molecule has 1 amide bonds. The molecule has 2 rings (SSSR count). The van der Waals surface area contributed by atoms with Crippen LogP contribution >= 0.6 is 0 Å². The van der Waals surface area contributed by atoms with E-state index in [1.54, 1.807) is 0 Å². The van der Waals surface area contributed by atoms with E-state index in [1.807, 2.05) is 30.3 Å². The molecule has 2 unspecified atom stereocenters. The normalized spacial score (nSPS) is 22.8. The molecule has 0 aromatic heterocycles. The maximum absolute atomic E-state index is 11.9. The summed E-state index contributed by atoms with van der Waals surface area (Å²) >= 11 is 0. The van der Waals surface area contributed by atoms with Gasteiger partial charge in [-0.3, -0.25) is 4.90 Å². The number of nitrogens with zero attached hydrogens (tertiary/aromatic N) is 1. The van der Waals surface area contributed by atoms with E-state index in [2.05, 4.69) is 17.1 Å². The molecule has 21 heavy (non-hydrogen) atoms. The average molecular weight is 292 g/mol. The molecule has 1 aromatic carbocycles. The van der Waals surface area contributed by atoms with E-state index < -0.39 is 0 Å². The standard InChI is InChI=1S/C16H24N2O3/c1-13-9-15(11-18(10-13)7-8-19)17-16(20)21-12-14-5-3-2-4-6-14/h2-6,13,15,19H,7-12H2,1H3,(H,17,20). The van der Waals surface area contributed by atoms with Crippen molar-refractivity contribution >= 4 is 6.09 Å². The topological polar surface area (TPSA) is 61.8 Å². The third kappa shape index (κ3) is 5.36. The lowest BCUT2D eigenvalue weighted by atomic mass is 9.96. The predicted octanol–water partition coefficient (Wildman–Crippen LogP) is 1.62. The summed E-state index contributed by atoms with van der Waals surface area (Å²) in [4.78, 5) is 14.0. The molecule has 5 nitrogen and oxygen atoms in total. The van der Waals surface area contributed by atoms with Gasteiger partial charge in [0.2, 0.25) is 0 Å². The van der Waals surface area contributed by atoms with Gasteiger partial charge in [-0.05, 0) is 17.9 Å². The Kier molecular flexibility index (Phi) is 6.02. The highest BCUT2D eigenvalue weighted by atomic mass is 16.5. The van der Waals surface area contributed by atoms with Crippen LogP contribution in [0.1, 0.15) is 18.9 Å². The molecule has 1 fully saturated rings. The molecule has 1 aliphatic rings. The fourth-order valence-corrected chi connectivity index (χ4v) is 2.82. The van der Waals surface area contributed by atoms with Gasteiger partial charge in [-0.15, -0.1) is 0 Å². The van der Waals surface area contributed by atoms with E-state index in [1.165, 1.54) is 0 Å². The molecule has 1 aliphatic heterocycles. The van der Waals surface area contributed by atoms with Crippen LogP contribution in [-0.2, 0) is 11.3 Å². The fraction of sp³-hybridized carbons (Fsp3) is 0.562. The Hall–Kier alpha value is -1.59. The number of ether oxygens (including phenoxy) is 1. The van der Waals surface area contributed by atoms with Gasteiger partial charge in [0.05, 0.1) is 6.61 Å². The largest absolute Gasteiger partial charge is 0.445 e. The number of hydrogen-bond donors (Lipinski definition) is 2. The van der Waals surface area contributed by atoms with Gasteiger partial charge in [0, 0.05) is 25.7 Å². The molecule has 0 saturated carbocycles. The van der Waals surface area contributed by atoms with Gasteiger partial charge >= 0.3 is 6.09 Å². The molecule has 1 heterocycles. The summed E-state index contributed by atoms with van der Waals surface area (Å²) in [7, 11) is 0. The Labute approximate surface area is 125 Å². The van der Waals surface area contributed by atoms with Crippen molar-refractivity contribution < 1.29 is 14.6 Å². The maximum atomic E-state index is 11.9. The van der Waals surface area contributed by atoms with E-state index in [0.29, 0.717) is 12.5 Å². The highest BCUT2D eigenvalue weighted by Gasteiger charge is 2.25. The van der Waals surface area contributed by atoms with Crippen LogP contribution in [0.4, 0.5) is 4.79 Å². The summed E-state index contributed by atoms with van der Waals surface area (Å²) in [5.74, 6) is 0.504. The van der Waals surface area contributed by atoms with Gasteiger partial charge in [0.25, 0.3) is 0 Å². The summed E-state index contributed by atoms with van der Waals surface area (Å²) in [5.41, 5.74) is 0.978. The van der Waals surface area contributed by atoms with E-state index >= 15 is 0 Å². The lowest BCUT2D eigenvalue weighted by Gasteiger charge is -2.36. The SMILES string of the molecule is CC1CC(NC(=O)OCc2ccccc2)CN(CCO)C1. The van der Waals surface area contributed by atoms with Crippen molar-refractivity contribution in [1.82, 2.24) is 10.2 Å². The third-order valence-electron chi connectivity index (χ3n) is 3.69. The van der Waals surface area contributed by atoms with Crippen LogP contribution in [0.5, 0.6) is 0 Å². The number of carbonyl (C=O) groups is 1. The average Bonchev–Trinajstić information content (AvgIpc) is 2.46. The molecule has 1 saturated heterocycles. The minimum Gasteiger partial charge on any atom is -0.445 e. The Balaban J connectivity index is 1.76. The first kappa shape index (κ1) is 15.8. The zero-order chi connectivity index (χ0) is 15.1. The maximum Gasteiger partial charge on any atom is 0.407 e. The van der Waals surface area contributed by atoms with Crippen LogP contribution in [-0.4, -0.2) is 48.4 Å². The molecular weight excluding hydrogens is 268 g/mol. The third-order valence-corrected chi connectivity index (χ3v) is 3.69. The highest BCUT2D eigenvalue weighted by molar-refractivity contribution is 5.67. The highest BCUT2D eigenvalue weighted by Crippen LogP contribution is 2.16. The number of likely N-dealkylation sites (tertiary alicyclic amines) is 1. The van der Waals surface area contributed by atoms with Gasteiger partial charge in [-0.2, -0.15) is 0 Å². The number of nitrogens with one attached hydrogen (secondary N) is 1. The van der Waals surface area contributed by atoms with E-state index in [9.17, 15) is 4.79 Å². The summed E-state index contributed by atoms with van der Waals surface area (Å²) in [6.07, 6.45) is 0.574. The molecule has 5 heteroatoms. The Morgan fingerprint density at radius 3 is 2.86 bits per heavy atom. The number of rotatable bonds is 5. The van der Waals surface area contributed by atoms with Crippen molar-refractivity contribution in [2.45, 2.75) is 26.0 Å². The number of benzene rings is 1. The first-order valence-corrected chi connectivity index (χ1v) is 7.48. The molecule has 116 valence electrons. The molecule has 1 aromatic rings. The van der Waals surface area contributed by atoms with E-state index in [0.717, 1.165) is 25.1 Å². The smallest absolute Gasteiger partial charge is 0.407 e. The van der Waals surface area contributed by atoms with Crippen molar-refractivity contribution in [1.29, 1.82) is 0 Å². The number of hydrogen-bond acceptors (Lipinski definition) is 4. The molecule has 0 bridgehead atoms. The lowest BCUT2D eigenvalue weighted by molar-refractivity contribution is 0.104. The van der Waals surface area contributed by atoms with Gasteiger partial charge in [-0.1, -0.05) is 37.3 Å². The van der Waals surface area contributed by atoms with Gasteiger partial charge in [0.15, 0.2) is 0 Å². The van der Waals surface area contributed by atoms with E-state index in [4.69, 9.17) is 9.84 Å². The predicted molar refractivity (Wildman–Crippen MR) is 80.9 cm³/mol. The second kappa shape index (κ2) is 8.00. The van der Waals surface area contributed by atoms with Crippen LogP contribution in [0.2, 0.25) is 0 Å². The van der Waals surface area contributed by atoms with Crippen molar-refractivity contribution in [2.24, 2.45) is 5.92 Å².